The maximum atomic E-state index is 13.1. The van der Waals surface area contributed by atoms with Gasteiger partial charge in [-0.15, -0.1) is 0 Å². The Bertz CT molecular complexity index is 7130. The van der Waals surface area contributed by atoms with Crippen LogP contribution in [0.4, 0.5) is 45.5 Å². The van der Waals surface area contributed by atoms with Crippen LogP contribution < -0.4 is 48.8 Å². The van der Waals surface area contributed by atoms with Gasteiger partial charge in [-0.3, -0.25) is 56.1 Å². The van der Waals surface area contributed by atoms with Crippen LogP contribution >= 0.6 is 0 Å². The SMILES string of the molecule is CC(C)(C)c1cccc(Nc2ccc(-c3cc[nH]c(=O)c3)n3ccnc23)c1.CCN(CC)CCN(CC)C(=O)c1ccc(Nc2ccc(-c3cc[nH]c(=O)c3)n3ccnc23)cc1.O=C(NCCN1CCOCC1)c1ccc(Nc2ccc(-c3cc[nH]c(=O)c3)n3ccnc23)cc1.O=C(c1ccc(Nc2ccc(-c3cc[nH]c(=O)c3)n3ccnc23)cc1)N1CCc2ccccc2C1. The van der Waals surface area contributed by atoms with Gasteiger partial charge in [0.25, 0.3) is 17.7 Å². The van der Waals surface area contributed by atoms with E-state index in [0.717, 1.165) is 179 Å². The van der Waals surface area contributed by atoms with Crippen LogP contribution in [0.5, 0.6) is 0 Å². The summed E-state index contributed by atoms with van der Waals surface area (Å²) in [7, 11) is 0. The minimum absolute atomic E-state index is 0.0453. The lowest BCUT2D eigenvalue weighted by atomic mass is 9.87. The van der Waals surface area contributed by atoms with Crippen molar-refractivity contribution in [2.24, 2.45) is 0 Å². The Kier molecular flexibility index (Phi) is 27.6. The number of aromatic amines is 4. The van der Waals surface area contributed by atoms with Gasteiger partial charge in [0, 0.05) is 219 Å². The molecule has 1 fully saturated rings. The van der Waals surface area contributed by atoms with Crippen molar-refractivity contribution < 1.29 is 19.1 Å². The van der Waals surface area contributed by atoms with Gasteiger partial charge in [0.2, 0.25) is 22.2 Å². The first-order valence-corrected chi connectivity index (χ1v) is 43.8. The number of nitrogens with zero attached hydrogens (tertiary/aromatic N) is 12. The highest BCUT2D eigenvalue weighted by Crippen LogP contribution is 2.34. The number of rotatable bonds is 24. The van der Waals surface area contributed by atoms with Crippen molar-refractivity contribution in [3.8, 4) is 45.0 Å². The van der Waals surface area contributed by atoms with Gasteiger partial charge in [-0.05, 0) is 206 Å². The quantitative estimate of drug-likeness (QED) is 0.0271. The highest BCUT2D eigenvalue weighted by atomic mass is 16.5. The van der Waals surface area contributed by atoms with Crippen molar-refractivity contribution in [3.63, 3.8) is 0 Å². The fraction of sp³-hybridized carbons (Fsp3) is 0.206. The molecule has 0 aliphatic carbocycles. The van der Waals surface area contributed by atoms with Gasteiger partial charge in [-0.2, -0.15) is 0 Å². The van der Waals surface area contributed by atoms with Crippen LogP contribution in [0, 0.1) is 0 Å². The number of benzene rings is 5. The van der Waals surface area contributed by atoms with E-state index in [1.165, 1.54) is 16.7 Å². The van der Waals surface area contributed by atoms with E-state index in [4.69, 9.17) is 4.74 Å². The molecule has 2 aliphatic rings. The fourth-order valence-corrected chi connectivity index (χ4v) is 16.1. The summed E-state index contributed by atoms with van der Waals surface area (Å²) in [4.78, 5) is 122. The number of imidazole rings is 4. The molecule has 19 rings (SSSR count). The molecular formula is C102H103N21O8. The number of nitrogens with one attached hydrogen (secondary N) is 9. The number of carbonyl (C=O) groups excluding carboxylic acids is 3. The third kappa shape index (κ3) is 21.4. The molecule has 0 bridgehead atoms. The van der Waals surface area contributed by atoms with Crippen LogP contribution in [0.2, 0.25) is 0 Å². The van der Waals surface area contributed by atoms with Gasteiger partial charge in [-0.1, -0.05) is 71.0 Å². The minimum Gasteiger partial charge on any atom is -0.379 e. The molecule has 29 heteroatoms. The number of pyridine rings is 8. The van der Waals surface area contributed by atoms with Crippen LogP contribution in [0.25, 0.3) is 67.6 Å². The maximum Gasteiger partial charge on any atom is 0.254 e. The molecule has 0 atom stereocenters. The molecule has 17 aromatic rings. The van der Waals surface area contributed by atoms with Gasteiger partial charge in [-0.25, -0.2) is 19.9 Å². The number of H-pyrrole nitrogens is 4. The van der Waals surface area contributed by atoms with Crippen molar-refractivity contribution >= 4 is 85.8 Å². The number of anilines is 8. The van der Waals surface area contributed by atoms with Crippen LogP contribution in [0.1, 0.15) is 89.3 Å². The number of hydrogen-bond donors (Lipinski definition) is 9. The predicted octanol–water partition coefficient (Wildman–Crippen LogP) is 16.1. The minimum atomic E-state index is -0.154. The molecule has 14 heterocycles. The van der Waals surface area contributed by atoms with Gasteiger partial charge >= 0.3 is 0 Å². The Hall–Kier alpha value is -15.9. The monoisotopic (exact) mass is 1750 g/mol. The number of hydrogen-bond acceptors (Lipinski definition) is 18. The van der Waals surface area contributed by atoms with E-state index in [2.05, 4.69) is 153 Å². The zero-order valence-electron chi connectivity index (χ0n) is 73.7. The first-order valence-electron chi connectivity index (χ1n) is 43.8. The third-order valence-electron chi connectivity index (χ3n) is 23.2. The summed E-state index contributed by atoms with van der Waals surface area (Å²) >= 11 is 0. The second-order valence-corrected chi connectivity index (χ2v) is 32.7. The fourth-order valence-electron chi connectivity index (χ4n) is 16.1. The van der Waals surface area contributed by atoms with Crippen LogP contribution in [-0.2, 0) is 23.1 Å². The number of fused-ring (bicyclic) bond motifs is 5. The second kappa shape index (κ2) is 40.8. The molecule has 1 saturated heterocycles. The van der Waals surface area contributed by atoms with Crippen molar-refractivity contribution in [1.82, 2.24) is 82.4 Å². The molecule has 0 unspecified atom stereocenters. The zero-order chi connectivity index (χ0) is 90.9. The summed E-state index contributed by atoms with van der Waals surface area (Å²) < 4.78 is 13.2. The number of carbonyl (C=O) groups is 3. The largest absolute Gasteiger partial charge is 0.379 e. The lowest BCUT2D eigenvalue weighted by Crippen LogP contribution is -2.41. The number of ether oxygens (including phenoxy) is 1. The summed E-state index contributed by atoms with van der Waals surface area (Å²) in [5, 5.41) is 16.7. The Morgan fingerprint density at radius 2 is 0.824 bits per heavy atom. The Morgan fingerprint density at radius 3 is 1.23 bits per heavy atom. The second-order valence-electron chi connectivity index (χ2n) is 32.7. The summed E-state index contributed by atoms with van der Waals surface area (Å²) in [6.45, 7) is 23.3. The summed E-state index contributed by atoms with van der Waals surface area (Å²) in [5.41, 5.74) is 22.1. The standard InChI is InChI=1S/C28H23N5O2.C27H32N6O2.C25H26N6O3.C22H22N4O/c34-26-17-21(11-13-29-26)25-10-9-24(27-30-14-16-33(25)27)31-23-7-5-20(6-8-23)28(35)32-15-12-19-3-1-2-4-22(19)18-32;1-4-31(5-2)17-18-32(6-3)27(35)20-7-9-22(10-8-20)30-23-11-12-24(33-16-15-29-26(23)33)21-13-14-28-25(34)19-21;32-23-17-19(7-8-26-23)22-6-5-21(24-27-10-12-31(22)24)29-20-3-1-18(2-4-20)25(33)28-9-11-30-13-15-34-16-14-30;1-22(2,3)16-5-4-6-17(14-16)25-18-7-8-19(26-12-11-24-21(18)26)15-9-10-23-20(27)13-15/h1-11,13-14,16-17,31H,12,15,18H2,(H,29,34);7-16,19,30H,4-6,17-18H2,1-3H3,(H,28,34);1-8,10,12,17,29H,9,11,13-16H2,(H,26,32)(H,28,33);4-14,25H,1-3H3,(H,23,27). The first kappa shape index (κ1) is 88.6. The average molecular weight is 1750 g/mol. The van der Waals surface area contributed by atoms with Gasteiger partial charge < -0.3 is 66.0 Å². The van der Waals surface area contributed by atoms with E-state index in [0.29, 0.717) is 42.9 Å². The molecule has 2 aliphatic heterocycles. The van der Waals surface area contributed by atoms with Gasteiger partial charge in [0.1, 0.15) is 0 Å². The van der Waals surface area contributed by atoms with E-state index in [1.807, 2.05) is 199 Å². The number of amides is 3. The first-order chi connectivity index (χ1) is 63.8. The van der Waals surface area contributed by atoms with Crippen molar-refractivity contribution in [1.29, 1.82) is 0 Å². The molecule has 9 N–H and O–H groups in total. The molecule has 0 spiro atoms. The van der Waals surface area contributed by atoms with E-state index in [9.17, 15) is 33.6 Å². The van der Waals surface area contributed by atoms with Crippen LogP contribution in [0.3, 0.4) is 0 Å². The third-order valence-corrected chi connectivity index (χ3v) is 23.2. The van der Waals surface area contributed by atoms with Gasteiger partial charge in [0.15, 0.2) is 22.6 Å². The molecule has 664 valence electrons. The Balaban J connectivity index is 0.000000128. The lowest BCUT2D eigenvalue weighted by molar-refractivity contribution is 0.0383. The summed E-state index contributed by atoms with van der Waals surface area (Å²) in [5.74, 6) is 0.00520. The molecule has 5 aromatic carbocycles. The maximum absolute atomic E-state index is 13.1. The summed E-state index contributed by atoms with van der Waals surface area (Å²) in [6, 6.07) is 68.6. The lowest BCUT2D eigenvalue weighted by Gasteiger charge is -2.29. The zero-order valence-corrected chi connectivity index (χ0v) is 73.7. The Morgan fingerprint density at radius 1 is 0.420 bits per heavy atom. The van der Waals surface area contributed by atoms with E-state index in [1.54, 1.807) is 86.0 Å². The topological polar surface area (TPSA) is 334 Å². The smallest absolute Gasteiger partial charge is 0.254 e. The highest BCUT2D eigenvalue weighted by molar-refractivity contribution is 5.97. The van der Waals surface area contributed by atoms with Crippen LogP contribution in [-0.4, -0.2) is 173 Å². The molecule has 3 amide bonds. The molecule has 0 radical (unpaired) electrons. The molecule has 12 aromatic heterocycles. The average Bonchev–Trinajstić information content (AvgIpc) is 1.71. The van der Waals surface area contributed by atoms with Crippen molar-refractivity contribution in [2.75, 3.05) is 99.9 Å². The number of likely N-dealkylation sites (N-methyl/N-ethyl adjacent to an activating group) is 2. The van der Waals surface area contributed by atoms with Crippen LogP contribution in [0.15, 0.2) is 312 Å². The van der Waals surface area contributed by atoms with Crippen molar-refractivity contribution in [2.45, 2.75) is 59.9 Å². The summed E-state index contributed by atoms with van der Waals surface area (Å²) in [6.07, 6.45) is 21.9. The predicted molar refractivity (Wildman–Crippen MR) is 516 cm³/mol. The van der Waals surface area contributed by atoms with E-state index in [-0.39, 0.29) is 45.4 Å². The normalized spacial score (nSPS) is 12.6. The molecular weight excluding hydrogens is 1650 g/mol. The number of aromatic nitrogens is 12. The van der Waals surface area contributed by atoms with Gasteiger partial charge in [0.05, 0.1) is 58.7 Å². The number of morpholine rings is 1. The van der Waals surface area contributed by atoms with Crippen molar-refractivity contribution in [3.05, 3.63) is 368 Å². The Labute approximate surface area is 755 Å². The molecule has 131 heavy (non-hydrogen) atoms. The van der Waals surface area contributed by atoms with E-state index >= 15 is 0 Å². The van der Waals surface area contributed by atoms with E-state index < -0.39 is 0 Å². The molecule has 29 nitrogen and oxygen atoms in total. The highest BCUT2D eigenvalue weighted by Gasteiger charge is 2.24. The molecule has 0 saturated carbocycles.